The molecular formula is C17H26N4O3. The SMILES string of the molecule is CCOC(=O)N1CCC(NC(N)=NCc2ccccc2CO)CC1. The van der Waals surface area contributed by atoms with E-state index in [2.05, 4.69) is 10.3 Å². The number of rotatable bonds is 5. The molecule has 1 amide bonds. The van der Waals surface area contributed by atoms with Gasteiger partial charge in [-0.2, -0.15) is 0 Å². The van der Waals surface area contributed by atoms with Crippen molar-refractivity contribution < 1.29 is 14.6 Å². The summed E-state index contributed by atoms with van der Waals surface area (Å²) in [5.41, 5.74) is 7.78. The normalized spacial score (nSPS) is 16.1. The molecule has 0 radical (unpaired) electrons. The molecule has 7 nitrogen and oxygen atoms in total. The molecule has 1 fully saturated rings. The molecule has 1 aliphatic rings. The van der Waals surface area contributed by atoms with Gasteiger partial charge < -0.3 is 25.8 Å². The lowest BCUT2D eigenvalue weighted by molar-refractivity contribution is 0.0963. The number of hydrogen-bond acceptors (Lipinski definition) is 4. The predicted octanol–water partition coefficient (Wildman–Crippen LogP) is 1.20. The van der Waals surface area contributed by atoms with Gasteiger partial charge in [-0.05, 0) is 30.9 Å². The Labute approximate surface area is 142 Å². The summed E-state index contributed by atoms with van der Waals surface area (Å²) >= 11 is 0. The first-order valence-corrected chi connectivity index (χ1v) is 8.29. The lowest BCUT2D eigenvalue weighted by atomic mass is 10.1. The van der Waals surface area contributed by atoms with Gasteiger partial charge in [-0.25, -0.2) is 9.79 Å². The molecular weight excluding hydrogens is 308 g/mol. The van der Waals surface area contributed by atoms with Crippen LogP contribution >= 0.6 is 0 Å². The molecule has 0 unspecified atom stereocenters. The van der Waals surface area contributed by atoms with Gasteiger partial charge in [0.1, 0.15) is 0 Å². The van der Waals surface area contributed by atoms with E-state index in [1.54, 1.807) is 11.8 Å². The van der Waals surface area contributed by atoms with Crippen LogP contribution in [0.1, 0.15) is 30.9 Å². The van der Waals surface area contributed by atoms with Crippen LogP contribution in [0.25, 0.3) is 0 Å². The molecule has 4 N–H and O–H groups in total. The van der Waals surface area contributed by atoms with E-state index in [1.807, 2.05) is 24.3 Å². The summed E-state index contributed by atoms with van der Waals surface area (Å²) < 4.78 is 5.00. The molecule has 0 aromatic heterocycles. The van der Waals surface area contributed by atoms with Crippen molar-refractivity contribution in [2.75, 3.05) is 19.7 Å². The van der Waals surface area contributed by atoms with Crippen LogP contribution in [0.15, 0.2) is 29.3 Å². The maximum atomic E-state index is 11.7. The molecule has 1 aliphatic heterocycles. The van der Waals surface area contributed by atoms with E-state index < -0.39 is 0 Å². The summed E-state index contributed by atoms with van der Waals surface area (Å²) in [7, 11) is 0. The van der Waals surface area contributed by atoms with Crippen LogP contribution in [0.4, 0.5) is 4.79 Å². The number of ether oxygens (including phenoxy) is 1. The first-order valence-electron chi connectivity index (χ1n) is 8.29. The molecule has 1 aromatic carbocycles. The monoisotopic (exact) mass is 334 g/mol. The number of nitrogens with two attached hydrogens (primary N) is 1. The first-order chi connectivity index (χ1) is 11.6. The van der Waals surface area contributed by atoms with E-state index in [4.69, 9.17) is 10.5 Å². The molecule has 0 bridgehead atoms. The zero-order valence-corrected chi connectivity index (χ0v) is 14.1. The summed E-state index contributed by atoms with van der Waals surface area (Å²) in [4.78, 5) is 17.7. The van der Waals surface area contributed by atoms with Crippen molar-refractivity contribution in [2.45, 2.75) is 39.0 Å². The average molecular weight is 334 g/mol. The number of nitrogens with zero attached hydrogens (tertiary/aromatic N) is 2. The van der Waals surface area contributed by atoms with Gasteiger partial charge in [-0.15, -0.1) is 0 Å². The van der Waals surface area contributed by atoms with Crippen LogP contribution in [0.2, 0.25) is 0 Å². The first kappa shape index (κ1) is 18.1. The van der Waals surface area contributed by atoms with Gasteiger partial charge in [0, 0.05) is 19.1 Å². The fraction of sp³-hybridized carbons (Fsp3) is 0.529. The van der Waals surface area contributed by atoms with E-state index in [0.29, 0.717) is 32.2 Å². The highest BCUT2D eigenvalue weighted by Gasteiger charge is 2.23. The van der Waals surface area contributed by atoms with Crippen molar-refractivity contribution in [2.24, 2.45) is 10.7 Å². The molecule has 0 aliphatic carbocycles. The molecule has 0 saturated carbocycles. The van der Waals surface area contributed by atoms with Gasteiger partial charge in [-0.3, -0.25) is 0 Å². The number of aliphatic imine (C=N–C) groups is 1. The Morgan fingerprint density at radius 2 is 2.04 bits per heavy atom. The summed E-state index contributed by atoms with van der Waals surface area (Å²) in [5.74, 6) is 0.386. The van der Waals surface area contributed by atoms with Gasteiger partial charge in [0.2, 0.25) is 0 Å². The third-order valence-electron chi connectivity index (χ3n) is 4.08. The molecule has 1 aromatic rings. The zero-order chi connectivity index (χ0) is 17.4. The van der Waals surface area contributed by atoms with E-state index in [9.17, 15) is 9.90 Å². The van der Waals surface area contributed by atoms with Crippen molar-refractivity contribution in [3.63, 3.8) is 0 Å². The molecule has 1 heterocycles. The number of aliphatic hydroxyl groups is 1. The molecule has 7 heteroatoms. The number of nitrogens with one attached hydrogen (secondary N) is 1. The van der Waals surface area contributed by atoms with Gasteiger partial charge in [-0.1, -0.05) is 24.3 Å². The maximum absolute atomic E-state index is 11.7. The van der Waals surface area contributed by atoms with Crippen molar-refractivity contribution in [1.29, 1.82) is 0 Å². The van der Waals surface area contributed by atoms with Crippen molar-refractivity contribution in [3.8, 4) is 0 Å². The Bertz CT molecular complexity index is 569. The fourth-order valence-electron chi connectivity index (χ4n) is 2.71. The van der Waals surface area contributed by atoms with Crippen LogP contribution in [-0.2, 0) is 17.9 Å². The standard InChI is InChI=1S/C17H26N4O3/c1-2-24-17(23)21-9-7-15(8-10-21)20-16(18)19-11-13-5-3-4-6-14(13)12-22/h3-6,15,22H,2,7-12H2,1H3,(H3,18,19,20). The molecule has 0 atom stereocenters. The van der Waals surface area contributed by atoms with Crippen molar-refractivity contribution in [3.05, 3.63) is 35.4 Å². The third-order valence-corrected chi connectivity index (χ3v) is 4.08. The second-order valence-electron chi connectivity index (χ2n) is 5.73. The second kappa shape index (κ2) is 9.12. The van der Waals surface area contributed by atoms with E-state index in [0.717, 1.165) is 24.0 Å². The lowest BCUT2D eigenvalue weighted by Gasteiger charge is -2.31. The minimum Gasteiger partial charge on any atom is -0.450 e. The second-order valence-corrected chi connectivity index (χ2v) is 5.73. The van der Waals surface area contributed by atoms with E-state index >= 15 is 0 Å². The minimum atomic E-state index is -0.252. The highest BCUT2D eigenvalue weighted by Crippen LogP contribution is 2.12. The molecule has 0 spiro atoms. The number of likely N-dealkylation sites (tertiary alicyclic amines) is 1. The van der Waals surface area contributed by atoms with Gasteiger partial charge in [0.25, 0.3) is 0 Å². The van der Waals surface area contributed by atoms with Crippen LogP contribution in [-0.4, -0.2) is 47.8 Å². The van der Waals surface area contributed by atoms with Crippen LogP contribution in [0.5, 0.6) is 0 Å². The Kier molecular flexibility index (Phi) is 6.87. The maximum Gasteiger partial charge on any atom is 0.409 e. The van der Waals surface area contributed by atoms with Crippen LogP contribution < -0.4 is 11.1 Å². The summed E-state index contributed by atoms with van der Waals surface area (Å²) in [6.45, 7) is 3.92. The average Bonchev–Trinajstić information content (AvgIpc) is 2.61. The summed E-state index contributed by atoms with van der Waals surface area (Å²) in [5, 5.41) is 12.5. The Balaban J connectivity index is 1.80. The van der Waals surface area contributed by atoms with E-state index in [1.165, 1.54) is 0 Å². The van der Waals surface area contributed by atoms with Crippen LogP contribution in [0, 0.1) is 0 Å². The highest BCUT2D eigenvalue weighted by molar-refractivity contribution is 5.78. The largest absolute Gasteiger partial charge is 0.450 e. The smallest absolute Gasteiger partial charge is 0.409 e. The number of benzene rings is 1. The molecule has 132 valence electrons. The quantitative estimate of drug-likeness (QED) is 0.555. The third kappa shape index (κ3) is 5.13. The summed E-state index contributed by atoms with van der Waals surface area (Å²) in [6.07, 6.45) is 1.36. The highest BCUT2D eigenvalue weighted by atomic mass is 16.6. The van der Waals surface area contributed by atoms with Gasteiger partial charge in [0.15, 0.2) is 5.96 Å². The minimum absolute atomic E-state index is 0.00859. The Morgan fingerprint density at radius 3 is 2.67 bits per heavy atom. The number of amides is 1. The van der Waals surface area contributed by atoms with E-state index in [-0.39, 0.29) is 18.7 Å². The predicted molar refractivity (Wildman–Crippen MR) is 92.4 cm³/mol. The van der Waals surface area contributed by atoms with Crippen molar-refractivity contribution >= 4 is 12.1 Å². The van der Waals surface area contributed by atoms with Crippen LogP contribution in [0.3, 0.4) is 0 Å². The number of hydrogen-bond donors (Lipinski definition) is 3. The number of carbonyl (C=O) groups excluding carboxylic acids is 1. The number of aliphatic hydroxyl groups excluding tert-OH is 1. The molecule has 2 rings (SSSR count). The zero-order valence-electron chi connectivity index (χ0n) is 14.1. The lowest BCUT2D eigenvalue weighted by Crippen LogP contribution is -2.48. The molecule has 24 heavy (non-hydrogen) atoms. The number of piperidine rings is 1. The van der Waals surface area contributed by atoms with Crippen molar-refractivity contribution in [1.82, 2.24) is 10.2 Å². The Hall–Kier alpha value is -2.28. The van der Waals surface area contributed by atoms with Gasteiger partial charge in [0.05, 0.1) is 19.8 Å². The topological polar surface area (TPSA) is 100 Å². The Morgan fingerprint density at radius 1 is 1.38 bits per heavy atom. The fourth-order valence-corrected chi connectivity index (χ4v) is 2.71. The molecule has 1 saturated heterocycles. The summed E-state index contributed by atoms with van der Waals surface area (Å²) in [6, 6.07) is 7.81. The number of carbonyl (C=O) groups is 1. The number of guanidine groups is 1. The van der Waals surface area contributed by atoms with Gasteiger partial charge >= 0.3 is 6.09 Å².